The van der Waals surface area contributed by atoms with Crippen LogP contribution in [-0.4, -0.2) is 56.6 Å². The molecule has 0 spiro atoms. The van der Waals surface area contributed by atoms with Crippen molar-refractivity contribution in [1.82, 2.24) is 15.5 Å². The fraction of sp³-hybridized carbons (Fsp3) is 0.364. The Morgan fingerprint density at radius 2 is 1.84 bits per heavy atom. The minimum absolute atomic E-state index is 0. The van der Waals surface area contributed by atoms with Gasteiger partial charge in [-0.25, -0.2) is 0 Å². The number of benzene rings is 2. The van der Waals surface area contributed by atoms with Crippen LogP contribution in [0.1, 0.15) is 27.6 Å². The zero-order valence-corrected chi connectivity index (χ0v) is 19.9. The van der Waals surface area contributed by atoms with Gasteiger partial charge in [0.15, 0.2) is 5.96 Å². The van der Waals surface area contributed by atoms with Gasteiger partial charge >= 0.3 is 6.18 Å². The number of nitrogens with zero attached hydrogens (tertiary/aromatic N) is 2. The van der Waals surface area contributed by atoms with Crippen molar-refractivity contribution in [3.05, 3.63) is 71.3 Å². The minimum Gasteiger partial charge on any atom is -0.370 e. The molecule has 0 bridgehead atoms. The summed E-state index contributed by atoms with van der Waals surface area (Å²) in [6.07, 6.45) is -4.89. The predicted molar refractivity (Wildman–Crippen MR) is 127 cm³/mol. The lowest BCUT2D eigenvalue weighted by Crippen LogP contribution is -2.49. The number of hydrogen-bond acceptors (Lipinski definition) is 3. The molecule has 6 nitrogen and oxygen atoms in total. The Bertz CT molecular complexity index is 910. The smallest absolute Gasteiger partial charge is 0.370 e. The lowest BCUT2D eigenvalue weighted by Gasteiger charge is -2.35. The van der Waals surface area contributed by atoms with Crippen molar-refractivity contribution in [2.24, 2.45) is 4.99 Å². The highest BCUT2D eigenvalue weighted by Gasteiger charge is 2.32. The number of rotatable bonds is 5. The number of nitrogens with one attached hydrogen (secondary N) is 2. The van der Waals surface area contributed by atoms with E-state index >= 15 is 0 Å². The number of carbonyl (C=O) groups excluding carboxylic acids is 1. The summed E-state index contributed by atoms with van der Waals surface area (Å²) in [5.74, 6) is 0.447. The van der Waals surface area contributed by atoms with Crippen LogP contribution in [0.4, 0.5) is 13.2 Å². The van der Waals surface area contributed by atoms with Crippen LogP contribution < -0.4 is 10.6 Å². The lowest BCUT2D eigenvalue weighted by atomic mass is 10.0. The predicted octanol–water partition coefficient (Wildman–Crippen LogP) is 3.70. The maximum Gasteiger partial charge on any atom is 0.416 e. The summed E-state index contributed by atoms with van der Waals surface area (Å²) in [6.45, 7) is 2.15. The summed E-state index contributed by atoms with van der Waals surface area (Å²) in [7, 11) is 1.64. The Labute approximate surface area is 202 Å². The highest BCUT2D eigenvalue weighted by molar-refractivity contribution is 14.0. The summed E-state index contributed by atoms with van der Waals surface area (Å²) >= 11 is 0. The molecule has 2 N–H and O–H groups in total. The molecule has 1 aliphatic rings. The average molecular weight is 562 g/mol. The van der Waals surface area contributed by atoms with Crippen LogP contribution >= 0.6 is 24.0 Å². The zero-order chi connectivity index (χ0) is 22.3. The highest BCUT2D eigenvalue weighted by Crippen LogP contribution is 2.32. The molecule has 1 unspecified atom stereocenters. The van der Waals surface area contributed by atoms with Gasteiger partial charge in [0.05, 0.1) is 18.7 Å². The van der Waals surface area contributed by atoms with Crippen LogP contribution in [0.5, 0.6) is 0 Å². The molecule has 1 aliphatic heterocycles. The zero-order valence-electron chi connectivity index (χ0n) is 17.6. The first-order valence-electron chi connectivity index (χ1n) is 9.96. The molecule has 0 aliphatic carbocycles. The molecule has 1 heterocycles. The Morgan fingerprint density at radius 1 is 1.12 bits per heavy atom. The number of halogens is 4. The van der Waals surface area contributed by atoms with E-state index < -0.39 is 17.8 Å². The number of guanidine groups is 1. The Balaban J connectivity index is 0.00000363. The van der Waals surface area contributed by atoms with Crippen molar-refractivity contribution in [3.63, 3.8) is 0 Å². The van der Waals surface area contributed by atoms with E-state index in [-0.39, 0.29) is 29.9 Å². The third kappa shape index (κ3) is 7.09. The molecule has 3 rings (SSSR count). The average Bonchev–Trinajstić information content (AvgIpc) is 2.79. The van der Waals surface area contributed by atoms with Crippen molar-refractivity contribution in [3.8, 4) is 0 Å². The molecule has 2 aromatic rings. The standard InChI is InChI=1S/C22H25F3N4O2.HI/c1-26-21(28-11-10-27-20(30)16-6-3-2-4-7-16)29-12-13-31-19(15-29)17-8-5-9-18(14-17)22(23,24)25;/h2-9,14,19H,10-13,15H2,1H3,(H,26,28)(H,27,30);1H. The summed E-state index contributed by atoms with van der Waals surface area (Å²) < 4.78 is 44.8. The molecule has 0 saturated carbocycles. The molecule has 174 valence electrons. The number of ether oxygens (including phenoxy) is 1. The second kappa shape index (κ2) is 12.0. The van der Waals surface area contributed by atoms with E-state index in [2.05, 4.69) is 15.6 Å². The third-order valence-electron chi connectivity index (χ3n) is 4.89. The molecular formula is C22H26F3IN4O2. The maximum atomic E-state index is 13.0. The van der Waals surface area contributed by atoms with Gasteiger partial charge in [0.25, 0.3) is 5.91 Å². The van der Waals surface area contributed by atoms with Crippen molar-refractivity contribution in [2.45, 2.75) is 12.3 Å². The Hall–Kier alpha value is -2.34. The van der Waals surface area contributed by atoms with E-state index in [1.54, 1.807) is 37.4 Å². The van der Waals surface area contributed by atoms with Gasteiger partial charge in [-0.15, -0.1) is 24.0 Å². The van der Waals surface area contributed by atoms with Gasteiger partial charge in [-0.3, -0.25) is 9.79 Å². The van der Waals surface area contributed by atoms with E-state index in [1.165, 1.54) is 6.07 Å². The summed E-state index contributed by atoms with van der Waals surface area (Å²) in [5, 5.41) is 6.01. The van der Waals surface area contributed by atoms with Crippen LogP contribution in [0, 0.1) is 0 Å². The SMILES string of the molecule is CN=C(NCCNC(=O)c1ccccc1)N1CCOC(c2cccc(C(F)(F)F)c2)C1.I. The van der Waals surface area contributed by atoms with Gasteiger partial charge in [-0.05, 0) is 29.8 Å². The molecule has 0 aromatic heterocycles. The van der Waals surface area contributed by atoms with Crippen molar-refractivity contribution < 1.29 is 22.7 Å². The molecule has 1 fully saturated rings. The van der Waals surface area contributed by atoms with Gasteiger partial charge < -0.3 is 20.3 Å². The van der Waals surface area contributed by atoms with Crippen LogP contribution in [0.15, 0.2) is 59.6 Å². The Kier molecular flexibility index (Phi) is 9.76. The second-order valence-corrected chi connectivity index (χ2v) is 7.02. The first-order valence-corrected chi connectivity index (χ1v) is 9.96. The van der Waals surface area contributed by atoms with E-state index in [1.807, 2.05) is 11.0 Å². The molecule has 1 saturated heterocycles. The number of morpholine rings is 1. The number of alkyl halides is 3. The fourth-order valence-electron chi connectivity index (χ4n) is 3.33. The summed E-state index contributed by atoms with van der Waals surface area (Å²) in [4.78, 5) is 18.3. The summed E-state index contributed by atoms with van der Waals surface area (Å²) in [6, 6.07) is 14.1. The Morgan fingerprint density at radius 3 is 2.53 bits per heavy atom. The normalized spacial score (nSPS) is 16.8. The summed E-state index contributed by atoms with van der Waals surface area (Å²) in [5.41, 5.74) is 0.372. The highest BCUT2D eigenvalue weighted by atomic mass is 127. The van der Waals surface area contributed by atoms with Crippen molar-refractivity contribution in [1.29, 1.82) is 0 Å². The number of amides is 1. The molecule has 2 aromatic carbocycles. The van der Waals surface area contributed by atoms with Gasteiger partial charge in [0, 0.05) is 32.2 Å². The third-order valence-corrected chi connectivity index (χ3v) is 4.89. The van der Waals surface area contributed by atoms with Crippen molar-refractivity contribution in [2.75, 3.05) is 39.8 Å². The first kappa shape index (κ1) is 25.9. The maximum absolute atomic E-state index is 13.0. The van der Waals surface area contributed by atoms with Crippen LogP contribution in [-0.2, 0) is 10.9 Å². The molecule has 10 heteroatoms. The van der Waals surface area contributed by atoms with Crippen molar-refractivity contribution >= 4 is 35.8 Å². The van der Waals surface area contributed by atoms with Gasteiger partial charge in [-0.2, -0.15) is 13.2 Å². The lowest BCUT2D eigenvalue weighted by molar-refractivity contribution is -0.137. The molecule has 1 amide bonds. The first-order chi connectivity index (χ1) is 14.9. The van der Waals surface area contributed by atoms with Gasteiger partial charge in [0.2, 0.25) is 0 Å². The number of carbonyl (C=O) groups is 1. The van der Waals surface area contributed by atoms with Crippen LogP contribution in [0.2, 0.25) is 0 Å². The molecule has 32 heavy (non-hydrogen) atoms. The largest absolute Gasteiger partial charge is 0.416 e. The fourth-order valence-corrected chi connectivity index (χ4v) is 3.33. The molecule has 0 radical (unpaired) electrons. The van der Waals surface area contributed by atoms with Gasteiger partial charge in [-0.1, -0.05) is 30.3 Å². The van der Waals surface area contributed by atoms with Crippen LogP contribution in [0.3, 0.4) is 0 Å². The minimum atomic E-state index is -4.40. The van der Waals surface area contributed by atoms with Gasteiger partial charge in [0.1, 0.15) is 6.10 Å². The quantitative estimate of drug-likeness (QED) is 0.253. The monoisotopic (exact) mass is 562 g/mol. The number of aliphatic imine (C=N–C) groups is 1. The number of hydrogen-bond donors (Lipinski definition) is 2. The van der Waals surface area contributed by atoms with E-state index in [4.69, 9.17) is 4.74 Å². The second-order valence-electron chi connectivity index (χ2n) is 7.02. The van der Waals surface area contributed by atoms with E-state index in [0.717, 1.165) is 12.1 Å². The topological polar surface area (TPSA) is 66.0 Å². The van der Waals surface area contributed by atoms with E-state index in [0.29, 0.717) is 49.9 Å². The molecular weight excluding hydrogens is 536 g/mol. The molecule has 1 atom stereocenters. The van der Waals surface area contributed by atoms with Crippen LogP contribution in [0.25, 0.3) is 0 Å². The van der Waals surface area contributed by atoms with E-state index in [9.17, 15) is 18.0 Å².